The topological polar surface area (TPSA) is 52.6 Å². The van der Waals surface area contributed by atoms with Gasteiger partial charge in [-0.25, -0.2) is 9.18 Å². The lowest BCUT2D eigenvalue weighted by Crippen LogP contribution is -2.14. The van der Waals surface area contributed by atoms with Crippen LogP contribution in [0.25, 0.3) is 11.1 Å². The molecule has 4 nitrogen and oxygen atoms in total. The number of benzene rings is 2. The second-order valence-corrected chi connectivity index (χ2v) is 5.91. The van der Waals surface area contributed by atoms with Crippen molar-refractivity contribution in [2.24, 2.45) is 5.92 Å². The first kappa shape index (κ1) is 18.4. The summed E-state index contributed by atoms with van der Waals surface area (Å²) in [5, 5.41) is 0. The van der Waals surface area contributed by atoms with Gasteiger partial charge in [-0.1, -0.05) is 32.6 Å². The van der Waals surface area contributed by atoms with Crippen LogP contribution in [0.2, 0.25) is 0 Å². The molecule has 0 N–H and O–H groups in total. The Labute approximate surface area is 145 Å². The number of rotatable bonds is 5. The lowest BCUT2D eigenvalue weighted by molar-refractivity contribution is -0.137. The fraction of sp³-hybridized carbons (Fsp3) is 0.200. The molecule has 0 unspecified atom stereocenters. The minimum Gasteiger partial charge on any atom is -0.426 e. The lowest BCUT2D eigenvalue weighted by atomic mass is 10.0. The zero-order chi connectivity index (χ0) is 18.6. The van der Waals surface area contributed by atoms with Gasteiger partial charge in [0.25, 0.3) is 0 Å². The predicted octanol–water partition coefficient (Wildman–Crippen LogP) is 4.54. The van der Waals surface area contributed by atoms with Crippen LogP contribution in [-0.2, 0) is 9.59 Å². The van der Waals surface area contributed by atoms with Crippen molar-refractivity contribution in [1.82, 2.24) is 0 Å². The molecule has 2 aromatic rings. The van der Waals surface area contributed by atoms with E-state index in [1.807, 2.05) is 0 Å². The maximum atomic E-state index is 14.3. The fourth-order valence-corrected chi connectivity index (χ4v) is 1.92. The second-order valence-electron chi connectivity index (χ2n) is 5.91. The molecule has 5 heteroatoms. The summed E-state index contributed by atoms with van der Waals surface area (Å²) in [5.74, 6) is -1.24. The monoisotopic (exact) mass is 342 g/mol. The van der Waals surface area contributed by atoms with Crippen molar-refractivity contribution in [3.05, 3.63) is 60.4 Å². The molecule has 0 aliphatic rings. The van der Waals surface area contributed by atoms with Crippen LogP contribution >= 0.6 is 0 Å². The first-order valence-electron chi connectivity index (χ1n) is 7.77. The summed E-state index contributed by atoms with van der Waals surface area (Å²) in [6, 6.07) is 10.7. The Balaban J connectivity index is 2.17. The van der Waals surface area contributed by atoms with E-state index in [-0.39, 0.29) is 11.7 Å². The van der Waals surface area contributed by atoms with Gasteiger partial charge in [0, 0.05) is 17.2 Å². The van der Waals surface area contributed by atoms with E-state index in [4.69, 9.17) is 9.47 Å². The minimum atomic E-state index is -0.518. The number of ether oxygens (including phenoxy) is 2. The van der Waals surface area contributed by atoms with E-state index < -0.39 is 17.8 Å². The third kappa shape index (κ3) is 4.76. The van der Waals surface area contributed by atoms with Crippen molar-refractivity contribution >= 4 is 11.9 Å². The van der Waals surface area contributed by atoms with E-state index in [0.29, 0.717) is 22.4 Å². The highest BCUT2D eigenvalue weighted by atomic mass is 19.1. The van der Waals surface area contributed by atoms with Crippen molar-refractivity contribution in [3.8, 4) is 22.6 Å². The van der Waals surface area contributed by atoms with Crippen LogP contribution in [-0.4, -0.2) is 11.9 Å². The van der Waals surface area contributed by atoms with Crippen molar-refractivity contribution in [3.63, 3.8) is 0 Å². The van der Waals surface area contributed by atoms with Crippen LogP contribution < -0.4 is 9.47 Å². The molecule has 25 heavy (non-hydrogen) atoms. The average Bonchev–Trinajstić information content (AvgIpc) is 2.55. The third-order valence-corrected chi connectivity index (χ3v) is 3.35. The standard InChI is InChI=1S/C20H19FO4/c1-12(2)19(22)24-15-7-5-14(6-8-15)17-10-9-16(11-18(17)21)25-20(23)13(3)4/h5-11,13H,1H2,2-4H3. The Morgan fingerprint density at radius 1 is 1.00 bits per heavy atom. The van der Waals surface area contributed by atoms with E-state index in [0.717, 1.165) is 0 Å². The highest BCUT2D eigenvalue weighted by molar-refractivity contribution is 5.88. The Morgan fingerprint density at radius 2 is 1.60 bits per heavy atom. The van der Waals surface area contributed by atoms with Crippen molar-refractivity contribution < 1.29 is 23.5 Å². The van der Waals surface area contributed by atoms with Crippen molar-refractivity contribution in [2.75, 3.05) is 0 Å². The third-order valence-electron chi connectivity index (χ3n) is 3.35. The molecule has 2 aromatic carbocycles. The van der Waals surface area contributed by atoms with Gasteiger partial charge in [-0.05, 0) is 36.8 Å². The molecule has 0 radical (unpaired) electrons. The number of carbonyl (C=O) groups excluding carboxylic acids is 2. The van der Waals surface area contributed by atoms with E-state index in [1.54, 1.807) is 45.0 Å². The number of carbonyl (C=O) groups is 2. The van der Waals surface area contributed by atoms with Gasteiger partial charge in [0.1, 0.15) is 17.3 Å². The molecular formula is C20H19FO4. The van der Waals surface area contributed by atoms with Gasteiger partial charge in [0.15, 0.2) is 0 Å². The van der Waals surface area contributed by atoms with E-state index in [9.17, 15) is 14.0 Å². The molecule has 2 rings (SSSR count). The Bertz CT molecular complexity index is 807. The summed E-state index contributed by atoms with van der Waals surface area (Å²) >= 11 is 0. The van der Waals surface area contributed by atoms with Gasteiger partial charge in [-0.3, -0.25) is 4.79 Å². The molecule has 0 aromatic heterocycles. The first-order chi connectivity index (χ1) is 11.8. The van der Waals surface area contributed by atoms with Crippen molar-refractivity contribution in [2.45, 2.75) is 20.8 Å². The Kier molecular flexibility index (Phi) is 5.70. The fourth-order valence-electron chi connectivity index (χ4n) is 1.92. The molecular weight excluding hydrogens is 323 g/mol. The zero-order valence-corrected chi connectivity index (χ0v) is 14.3. The van der Waals surface area contributed by atoms with Crippen LogP contribution in [0, 0.1) is 11.7 Å². The number of hydrogen-bond donors (Lipinski definition) is 0. The summed E-state index contributed by atoms with van der Waals surface area (Å²) in [4.78, 5) is 23.0. The van der Waals surface area contributed by atoms with Gasteiger partial charge in [-0.15, -0.1) is 0 Å². The van der Waals surface area contributed by atoms with Crippen LogP contribution in [0.3, 0.4) is 0 Å². The SMILES string of the molecule is C=C(C)C(=O)Oc1ccc(-c2ccc(OC(=O)C(C)C)cc2F)cc1. The molecule has 0 aliphatic heterocycles. The number of hydrogen-bond acceptors (Lipinski definition) is 4. The van der Waals surface area contributed by atoms with Gasteiger partial charge in [-0.2, -0.15) is 0 Å². The quantitative estimate of drug-likeness (QED) is 0.455. The summed E-state index contributed by atoms with van der Waals surface area (Å²) in [5.41, 5.74) is 1.25. The molecule has 0 heterocycles. The van der Waals surface area contributed by atoms with Gasteiger partial charge in [0.2, 0.25) is 0 Å². The summed E-state index contributed by atoms with van der Waals surface area (Å²) < 4.78 is 24.5. The number of esters is 2. The van der Waals surface area contributed by atoms with Crippen LogP contribution in [0.15, 0.2) is 54.6 Å². The molecule has 0 saturated heterocycles. The van der Waals surface area contributed by atoms with E-state index >= 15 is 0 Å². The van der Waals surface area contributed by atoms with Crippen molar-refractivity contribution in [1.29, 1.82) is 0 Å². The molecule has 0 amide bonds. The largest absolute Gasteiger partial charge is 0.426 e. The zero-order valence-electron chi connectivity index (χ0n) is 14.3. The lowest BCUT2D eigenvalue weighted by Gasteiger charge is -2.09. The number of halogens is 1. The maximum absolute atomic E-state index is 14.3. The van der Waals surface area contributed by atoms with Gasteiger partial charge in [0.05, 0.1) is 5.92 Å². The van der Waals surface area contributed by atoms with Crippen LogP contribution in [0.5, 0.6) is 11.5 Å². The Hall–Kier alpha value is -2.95. The molecule has 0 aliphatic carbocycles. The normalized spacial score (nSPS) is 10.4. The average molecular weight is 342 g/mol. The molecule has 130 valence electrons. The summed E-state index contributed by atoms with van der Waals surface area (Å²) in [6.07, 6.45) is 0. The van der Waals surface area contributed by atoms with E-state index in [2.05, 4.69) is 6.58 Å². The maximum Gasteiger partial charge on any atom is 0.338 e. The minimum absolute atomic E-state index is 0.159. The molecule has 0 saturated carbocycles. The summed E-state index contributed by atoms with van der Waals surface area (Å²) in [7, 11) is 0. The summed E-state index contributed by atoms with van der Waals surface area (Å²) in [6.45, 7) is 8.47. The molecule has 0 atom stereocenters. The van der Waals surface area contributed by atoms with E-state index in [1.165, 1.54) is 18.2 Å². The smallest absolute Gasteiger partial charge is 0.338 e. The first-order valence-corrected chi connectivity index (χ1v) is 7.77. The van der Waals surface area contributed by atoms with Crippen LogP contribution in [0.4, 0.5) is 4.39 Å². The Morgan fingerprint density at radius 3 is 2.12 bits per heavy atom. The van der Waals surface area contributed by atoms with Gasteiger partial charge < -0.3 is 9.47 Å². The molecule has 0 fully saturated rings. The highest BCUT2D eigenvalue weighted by Gasteiger charge is 2.13. The van der Waals surface area contributed by atoms with Crippen LogP contribution in [0.1, 0.15) is 20.8 Å². The van der Waals surface area contributed by atoms with Gasteiger partial charge >= 0.3 is 11.9 Å². The highest BCUT2D eigenvalue weighted by Crippen LogP contribution is 2.28. The molecule has 0 spiro atoms. The predicted molar refractivity (Wildman–Crippen MR) is 92.8 cm³/mol. The second kappa shape index (κ2) is 7.75. The molecule has 0 bridgehead atoms.